The molecule has 2 aromatic rings. The number of ether oxygens (including phenoxy) is 1. The number of benzene rings is 1. The summed E-state index contributed by atoms with van der Waals surface area (Å²) >= 11 is 1.63. The first-order chi connectivity index (χ1) is 15.0. The van der Waals surface area contributed by atoms with Crippen LogP contribution < -0.4 is 15.8 Å². The van der Waals surface area contributed by atoms with E-state index in [0.717, 1.165) is 36.3 Å². The van der Waals surface area contributed by atoms with Gasteiger partial charge in [-0.3, -0.25) is 4.79 Å². The van der Waals surface area contributed by atoms with Crippen molar-refractivity contribution in [2.45, 2.75) is 70.5 Å². The fraction of sp³-hybridized carbons (Fsp3) is 0.522. The predicted octanol–water partition coefficient (Wildman–Crippen LogP) is 4.90. The van der Waals surface area contributed by atoms with Crippen molar-refractivity contribution in [3.05, 3.63) is 41.1 Å². The number of nitrogens with two attached hydrogens (primary N) is 1. The molecule has 0 radical (unpaired) electrons. The average molecular weight is 444 g/mol. The molecule has 0 saturated carbocycles. The summed E-state index contributed by atoms with van der Waals surface area (Å²) in [6, 6.07) is 7.42. The number of aromatic nitrogens is 3. The highest BCUT2D eigenvalue weighted by Crippen LogP contribution is 2.36. The highest BCUT2D eigenvalue weighted by molar-refractivity contribution is 7.99. The van der Waals surface area contributed by atoms with Crippen LogP contribution in [-0.2, 0) is 4.79 Å². The van der Waals surface area contributed by atoms with Crippen LogP contribution in [-0.4, -0.2) is 33.0 Å². The molecule has 8 heteroatoms. The van der Waals surface area contributed by atoms with E-state index in [-0.39, 0.29) is 0 Å². The third-order valence-electron chi connectivity index (χ3n) is 5.29. The average Bonchev–Trinajstić information content (AvgIpc) is 3.15. The van der Waals surface area contributed by atoms with Gasteiger partial charge in [0, 0.05) is 11.4 Å². The predicted molar refractivity (Wildman–Crippen MR) is 125 cm³/mol. The lowest BCUT2D eigenvalue weighted by molar-refractivity contribution is -0.115. The van der Waals surface area contributed by atoms with Crippen molar-refractivity contribution in [2.24, 2.45) is 5.73 Å². The Balaban J connectivity index is 1.81. The molecular weight excluding hydrogens is 410 g/mol. The second-order valence-corrected chi connectivity index (χ2v) is 8.84. The van der Waals surface area contributed by atoms with Crippen LogP contribution >= 0.6 is 11.8 Å². The number of allylic oxidation sites excluding steroid dienone is 1. The number of rotatable bonds is 12. The van der Waals surface area contributed by atoms with Gasteiger partial charge in [0.25, 0.3) is 0 Å². The molecule has 168 valence electrons. The van der Waals surface area contributed by atoms with Gasteiger partial charge in [-0.25, -0.2) is 4.68 Å². The van der Waals surface area contributed by atoms with Crippen molar-refractivity contribution in [1.29, 1.82) is 0 Å². The SMILES string of the molecule is CCCCCCOc1ccc(C2C(C(N)=O)=C(C)Nc3nc(SCCCC)nn32)cc1. The number of nitrogens with zero attached hydrogens (tertiary/aromatic N) is 3. The first-order valence-electron chi connectivity index (χ1n) is 11.1. The summed E-state index contributed by atoms with van der Waals surface area (Å²) in [6.07, 6.45) is 6.92. The van der Waals surface area contributed by atoms with E-state index in [4.69, 9.17) is 10.5 Å². The second kappa shape index (κ2) is 11.2. The van der Waals surface area contributed by atoms with Crippen LogP contribution in [0.15, 0.2) is 40.7 Å². The van der Waals surface area contributed by atoms with E-state index in [1.807, 2.05) is 31.2 Å². The Morgan fingerprint density at radius 1 is 1.16 bits per heavy atom. The van der Waals surface area contributed by atoms with Crippen LogP contribution in [0.5, 0.6) is 5.75 Å². The molecule has 1 aliphatic rings. The fourth-order valence-corrected chi connectivity index (χ4v) is 4.51. The molecule has 31 heavy (non-hydrogen) atoms. The Morgan fingerprint density at radius 2 is 1.90 bits per heavy atom. The zero-order valence-electron chi connectivity index (χ0n) is 18.7. The normalized spacial score (nSPS) is 15.5. The lowest BCUT2D eigenvalue weighted by Gasteiger charge is -2.27. The quantitative estimate of drug-likeness (QED) is 0.358. The number of carbonyl (C=O) groups is 1. The Morgan fingerprint density at radius 3 is 2.58 bits per heavy atom. The largest absolute Gasteiger partial charge is 0.494 e. The van der Waals surface area contributed by atoms with E-state index in [0.29, 0.717) is 29.0 Å². The molecule has 1 amide bonds. The standard InChI is InChI=1S/C23H33N5O2S/c1-4-6-8-9-14-30-18-12-10-17(11-13-18)20-19(21(24)29)16(3)25-22-26-23(27-28(20)22)31-15-7-5-2/h10-13,20H,4-9,14-15H2,1-3H3,(H2,24,29)(H,25,26,27). The second-order valence-electron chi connectivity index (χ2n) is 7.77. The number of carbonyl (C=O) groups excluding carboxylic acids is 1. The number of fused-ring (bicyclic) bond motifs is 1. The summed E-state index contributed by atoms with van der Waals surface area (Å²) in [7, 11) is 0. The summed E-state index contributed by atoms with van der Waals surface area (Å²) < 4.78 is 7.63. The Hall–Kier alpha value is -2.48. The molecular formula is C23H33N5O2S. The number of hydrogen-bond donors (Lipinski definition) is 2. The van der Waals surface area contributed by atoms with Gasteiger partial charge in [-0.1, -0.05) is 63.4 Å². The van der Waals surface area contributed by atoms with Gasteiger partial charge in [0.15, 0.2) is 0 Å². The molecule has 1 unspecified atom stereocenters. The van der Waals surface area contributed by atoms with Crippen LogP contribution in [0.1, 0.15) is 70.9 Å². The number of amides is 1. The lowest BCUT2D eigenvalue weighted by atomic mass is 9.95. The number of primary amides is 1. The summed E-state index contributed by atoms with van der Waals surface area (Å²) in [6.45, 7) is 6.92. The molecule has 0 saturated heterocycles. The number of nitrogens with one attached hydrogen (secondary N) is 1. The third kappa shape index (κ3) is 5.81. The molecule has 1 atom stereocenters. The van der Waals surface area contributed by atoms with Crippen LogP contribution in [0.2, 0.25) is 0 Å². The number of hydrogen-bond acceptors (Lipinski definition) is 6. The minimum atomic E-state index is -0.465. The fourth-order valence-electron chi connectivity index (χ4n) is 3.59. The van der Waals surface area contributed by atoms with Crippen molar-refractivity contribution in [3.63, 3.8) is 0 Å². The Kier molecular flexibility index (Phi) is 8.40. The molecule has 3 N–H and O–H groups in total. The van der Waals surface area contributed by atoms with Gasteiger partial charge in [-0.2, -0.15) is 4.98 Å². The molecule has 0 spiro atoms. The monoisotopic (exact) mass is 443 g/mol. The minimum absolute atomic E-state index is 0.416. The molecule has 0 bridgehead atoms. The molecule has 0 fully saturated rings. The van der Waals surface area contributed by atoms with Gasteiger partial charge in [0.1, 0.15) is 11.8 Å². The first-order valence-corrected chi connectivity index (χ1v) is 12.1. The van der Waals surface area contributed by atoms with Crippen LogP contribution in [0.3, 0.4) is 0 Å². The van der Waals surface area contributed by atoms with Crippen molar-refractivity contribution < 1.29 is 9.53 Å². The minimum Gasteiger partial charge on any atom is -0.494 e. The maximum Gasteiger partial charge on any atom is 0.248 e. The Labute approximate surface area is 188 Å². The number of thioether (sulfide) groups is 1. The summed E-state index contributed by atoms with van der Waals surface area (Å²) in [5.74, 6) is 1.95. The van der Waals surface area contributed by atoms with Gasteiger partial charge in [0.2, 0.25) is 17.0 Å². The van der Waals surface area contributed by atoms with E-state index in [2.05, 4.69) is 29.2 Å². The molecule has 0 aliphatic carbocycles. The van der Waals surface area contributed by atoms with Crippen LogP contribution in [0.4, 0.5) is 5.95 Å². The molecule has 1 aromatic heterocycles. The highest BCUT2D eigenvalue weighted by atomic mass is 32.2. The first kappa shape index (κ1) is 23.2. The summed E-state index contributed by atoms with van der Waals surface area (Å²) in [5, 5.41) is 8.57. The van der Waals surface area contributed by atoms with E-state index in [1.54, 1.807) is 16.4 Å². The molecule has 1 aliphatic heterocycles. The van der Waals surface area contributed by atoms with Gasteiger partial charge < -0.3 is 15.8 Å². The van der Waals surface area contributed by atoms with E-state index < -0.39 is 11.9 Å². The van der Waals surface area contributed by atoms with Crippen LogP contribution in [0, 0.1) is 0 Å². The Bertz CT molecular complexity index is 907. The number of anilines is 1. The number of unbranched alkanes of at least 4 members (excludes halogenated alkanes) is 4. The van der Waals surface area contributed by atoms with E-state index in [9.17, 15) is 4.79 Å². The van der Waals surface area contributed by atoms with Crippen molar-refractivity contribution in [1.82, 2.24) is 14.8 Å². The molecule has 1 aromatic carbocycles. The molecule has 7 nitrogen and oxygen atoms in total. The van der Waals surface area contributed by atoms with Gasteiger partial charge >= 0.3 is 0 Å². The highest BCUT2D eigenvalue weighted by Gasteiger charge is 2.33. The zero-order valence-corrected chi connectivity index (χ0v) is 19.5. The summed E-state index contributed by atoms with van der Waals surface area (Å²) in [4.78, 5) is 16.9. The third-order valence-corrected chi connectivity index (χ3v) is 6.21. The van der Waals surface area contributed by atoms with Crippen LogP contribution in [0.25, 0.3) is 0 Å². The zero-order chi connectivity index (χ0) is 22.2. The lowest BCUT2D eigenvalue weighted by Crippen LogP contribution is -2.31. The smallest absolute Gasteiger partial charge is 0.248 e. The maximum atomic E-state index is 12.3. The van der Waals surface area contributed by atoms with Crippen molar-refractivity contribution in [2.75, 3.05) is 17.7 Å². The summed E-state index contributed by atoms with van der Waals surface area (Å²) in [5.41, 5.74) is 7.88. The van der Waals surface area contributed by atoms with Gasteiger partial charge in [-0.05, 0) is 37.5 Å². The molecule has 2 heterocycles. The molecule has 3 rings (SSSR count). The van der Waals surface area contributed by atoms with E-state index >= 15 is 0 Å². The van der Waals surface area contributed by atoms with Gasteiger partial charge in [-0.15, -0.1) is 5.10 Å². The topological polar surface area (TPSA) is 95.1 Å². The van der Waals surface area contributed by atoms with Crippen molar-refractivity contribution >= 4 is 23.6 Å². The van der Waals surface area contributed by atoms with Crippen molar-refractivity contribution in [3.8, 4) is 5.75 Å². The van der Waals surface area contributed by atoms with Gasteiger partial charge in [0.05, 0.1) is 12.2 Å². The van der Waals surface area contributed by atoms with E-state index in [1.165, 1.54) is 19.3 Å². The maximum absolute atomic E-state index is 12.3.